The van der Waals surface area contributed by atoms with Crippen LogP contribution in [-0.2, 0) is 0 Å². The molecule has 1 aromatic carbocycles. The molecule has 0 aliphatic carbocycles. The van der Waals surface area contributed by atoms with Gasteiger partial charge in [0.2, 0.25) is 5.82 Å². The first kappa shape index (κ1) is 12.5. The molecule has 8 nitrogen and oxygen atoms in total. The number of nitro benzene ring substituents is 1. The van der Waals surface area contributed by atoms with E-state index in [-0.39, 0.29) is 11.6 Å². The fraction of sp³-hybridized carbons (Fsp3) is 0. The second-order valence-electron chi connectivity index (χ2n) is 3.82. The first-order valence-electron chi connectivity index (χ1n) is 5.43. The normalized spacial score (nSPS) is 10.7. The van der Waals surface area contributed by atoms with Crippen LogP contribution >= 0.6 is 15.9 Å². The van der Waals surface area contributed by atoms with Gasteiger partial charge in [0.05, 0.1) is 15.6 Å². The topological polar surface area (TPSA) is 111 Å². The maximum Gasteiger partial charge on any atom is 0.277 e. The number of hydrogen-bond donors (Lipinski definition) is 1. The highest BCUT2D eigenvalue weighted by atomic mass is 79.9. The van der Waals surface area contributed by atoms with Crippen LogP contribution in [0.25, 0.3) is 23.0 Å². The number of benzene rings is 1. The summed E-state index contributed by atoms with van der Waals surface area (Å²) in [6.45, 7) is 0. The van der Waals surface area contributed by atoms with E-state index in [1.807, 2.05) is 0 Å². The SMILES string of the molecule is O=[N+]([O-])c1ccc(-c2noc(-c3[nH]ncc3Br)n2)cc1. The van der Waals surface area contributed by atoms with E-state index in [9.17, 15) is 10.1 Å². The van der Waals surface area contributed by atoms with Gasteiger partial charge in [0.15, 0.2) is 0 Å². The van der Waals surface area contributed by atoms with Crippen molar-refractivity contribution in [3.05, 3.63) is 45.0 Å². The summed E-state index contributed by atoms with van der Waals surface area (Å²) in [5, 5.41) is 21.0. The molecule has 0 fully saturated rings. The van der Waals surface area contributed by atoms with Gasteiger partial charge in [0, 0.05) is 17.7 Å². The first-order chi connectivity index (χ1) is 9.65. The van der Waals surface area contributed by atoms with Gasteiger partial charge in [-0.2, -0.15) is 10.1 Å². The predicted molar refractivity (Wildman–Crippen MR) is 71.7 cm³/mol. The molecule has 0 radical (unpaired) electrons. The van der Waals surface area contributed by atoms with Crippen LogP contribution in [0.1, 0.15) is 0 Å². The Kier molecular flexibility index (Phi) is 3.03. The minimum Gasteiger partial charge on any atom is -0.332 e. The molecule has 9 heteroatoms. The molecule has 0 amide bonds. The number of aromatic nitrogens is 4. The summed E-state index contributed by atoms with van der Waals surface area (Å²) < 4.78 is 5.83. The molecule has 0 saturated heterocycles. The number of aromatic amines is 1. The monoisotopic (exact) mass is 335 g/mol. The number of rotatable bonds is 3. The van der Waals surface area contributed by atoms with Gasteiger partial charge in [0.1, 0.15) is 5.69 Å². The molecule has 2 heterocycles. The largest absolute Gasteiger partial charge is 0.332 e. The Morgan fingerprint density at radius 1 is 1.30 bits per heavy atom. The lowest BCUT2D eigenvalue weighted by Crippen LogP contribution is -1.88. The average Bonchev–Trinajstić information content (AvgIpc) is 3.07. The first-order valence-corrected chi connectivity index (χ1v) is 6.22. The van der Waals surface area contributed by atoms with Gasteiger partial charge in [-0.1, -0.05) is 5.16 Å². The molecular formula is C11H6BrN5O3. The molecule has 3 rings (SSSR count). The molecule has 100 valence electrons. The Hall–Kier alpha value is -2.55. The number of nitro groups is 1. The van der Waals surface area contributed by atoms with E-state index in [2.05, 4.69) is 36.3 Å². The Labute approximate surface area is 120 Å². The van der Waals surface area contributed by atoms with Crippen LogP contribution in [0.4, 0.5) is 5.69 Å². The second-order valence-corrected chi connectivity index (χ2v) is 4.67. The molecular weight excluding hydrogens is 330 g/mol. The summed E-state index contributed by atoms with van der Waals surface area (Å²) in [5.41, 5.74) is 1.21. The second kappa shape index (κ2) is 4.85. The number of hydrogen-bond acceptors (Lipinski definition) is 6. The van der Waals surface area contributed by atoms with Gasteiger partial charge in [-0.25, -0.2) is 0 Å². The van der Waals surface area contributed by atoms with Gasteiger partial charge in [0.25, 0.3) is 11.6 Å². The molecule has 0 aliphatic heterocycles. The zero-order valence-corrected chi connectivity index (χ0v) is 11.4. The van der Waals surface area contributed by atoms with E-state index in [1.165, 1.54) is 12.1 Å². The van der Waals surface area contributed by atoms with Crippen molar-refractivity contribution >= 4 is 21.6 Å². The minimum absolute atomic E-state index is 0.00813. The molecule has 0 saturated carbocycles. The number of nitrogens with one attached hydrogen (secondary N) is 1. The highest BCUT2D eigenvalue weighted by Gasteiger charge is 2.15. The Morgan fingerprint density at radius 3 is 2.65 bits per heavy atom. The van der Waals surface area contributed by atoms with Crippen molar-refractivity contribution in [2.24, 2.45) is 0 Å². The standard InChI is InChI=1S/C11H6BrN5O3/c12-8-5-13-15-9(8)11-14-10(16-20-11)6-1-3-7(4-2-6)17(18)19/h1-5H,(H,13,15). The number of non-ortho nitro benzene ring substituents is 1. The van der Waals surface area contributed by atoms with E-state index in [0.29, 0.717) is 21.6 Å². The van der Waals surface area contributed by atoms with Gasteiger partial charge >= 0.3 is 0 Å². The van der Waals surface area contributed by atoms with Crippen molar-refractivity contribution in [1.82, 2.24) is 20.3 Å². The molecule has 0 aliphatic rings. The summed E-state index contributed by atoms with van der Waals surface area (Å²) in [5.74, 6) is 0.624. The fourth-order valence-electron chi connectivity index (χ4n) is 1.60. The van der Waals surface area contributed by atoms with E-state index in [4.69, 9.17) is 4.52 Å². The van der Waals surface area contributed by atoms with E-state index in [1.54, 1.807) is 18.3 Å². The predicted octanol–water partition coefficient (Wildman–Crippen LogP) is 2.80. The van der Waals surface area contributed by atoms with Crippen LogP contribution < -0.4 is 0 Å². The highest BCUT2D eigenvalue weighted by Crippen LogP contribution is 2.26. The molecule has 0 unspecified atom stereocenters. The molecule has 1 N–H and O–H groups in total. The Balaban J connectivity index is 1.94. The van der Waals surface area contributed by atoms with Crippen molar-refractivity contribution in [2.45, 2.75) is 0 Å². The van der Waals surface area contributed by atoms with E-state index >= 15 is 0 Å². The summed E-state index contributed by atoms with van der Waals surface area (Å²) in [6.07, 6.45) is 1.57. The summed E-state index contributed by atoms with van der Waals surface area (Å²) in [4.78, 5) is 14.3. The lowest BCUT2D eigenvalue weighted by molar-refractivity contribution is -0.384. The van der Waals surface area contributed by atoms with E-state index < -0.39 is 4.92 Å². The van der Waals surface area contributed by atoms with Crippen LogP contribution in [0.2, 0.25) is 0 Å². The third-order valence-electron chi connectivity index (χ3n) is 2.57. The van der Waals surface area contributed by atoms with Crippen molar-refractivity contribution in [3.8, 4) is 23.0 Å². The number of H-pyrrole nitrogens is 1. The summed E-state index contributed by atoms with van der Waals surface area (Å²) in [7, 11) is 0. The van der Waals surface area contributed by atoms with Gasteiger partial charge in [-0.3, -0.25) is 15.2 Å². The third kappa shape index (κ3) is 2.18. The zero-order chi connectivity index (χ0) is 14.1. The van der Waals surface area contributed by atoms with Crippen LogP contribution in [0.15, 0.2) is 39.5 Å². The minimum atomic E-state index is -0.465. The van der Waals surface area contributed by atoms with Gasteiger partial charge in [-0.05, 0) is 28.1 Å². The smallest absolute Gasteiger partial charge is 0.277 e. The van der Waals surface area contributed by atoms with Crippen molar-refractivity contribution < 1.29 is 9.45 Å². The maximum atomic E-state index is 10.6. The molecule has 3 aromatic rings. The van der Waals surface area contributed by atoms with Gasteiger partial charge in [-0.15, -0.1) is 0 Å². The summed E-state index contributed by atoms with van der Waals surface area (Å²) in [6, 6.07) is 5.90. The molecule has 0 bridgehead atoms. The average molecular weight is 336 g/mol. The molecule has 0 spiro atoms. The van der Waals surface area contributed by atoms with Gasteiger partial charge < -0.3 is 4.52 Å². The van der Waals surface area contributed by atoms with E-state index in [0.717, 1.165) is 0 Å². The highest BCUT2D eigenvalue weighted by molar-refractivity contribution is 9.10. The number of nitrogens with zero attached hydrogens (tertiary/aromatic N) is 4. The third-order valence-corrected chi connectivity index (χ3v) is 3.17. The van der Waals surface area contributed by atoms with Crippen molar-refractivity contribution in [3.63, 3.8) is 0 Å². The molecule has 20 heavy (non-hydrogen) atoms. The lowest BCUT2D eigenvalue weighted by Gasteiger charge is -1.93. The molecule has 0 atom stereocenters. The van der Waals surface area contributed by atoms with Crippen molar-refractivity contribution in [2.75, 3.05) is 0 Å². The number of halogens is 1. The van der Waals surface area contributed by atoms with Crippen LogP contribution in [0, 0.1) is 10.1 Å². The molecule has 2 aromatic heterocycles. The summed E-state index contributed by atoms with van der Waals surface area (Å²) >= 11 is 3.30. The quantitative estimate of drug-likeness (QED) is 0.581. The Morgan fingerprint density at radius 2 is 2.05 bits per heavy atom. The van der Waals surface area contributed by atoms with Crippen LogP contribution in [-0.4, -0.2) is 25.3 Å². The zero-order valence-electron chi connectivity index (χ0n) is 9.78. The fourth-order valence-corrected chi connectivity index (χ4v) is 1.96. The van der Waals surface area contributed by atoms with Crippen LogP contribution in [0.5, 0.6) is 0 Å². The van der Waals surface area contributed by atoms with Crippen LogP contribution in [0.3, 0.4) is 0 Å². The Bertz CT molecular complexity index is 764. The maximum absolute atomic E-state index is 10.6. The van der Waals surface area contributed by atoms with Crippen molar-refractivity contribution in [1.29, 1.82) is 0 Å². The lowest BCUT2D eigenvalue weighted by atomic mass is 10.2.